The molecule has 29 heavy (non-hydrogen) atoms. The largest absolute Gasteiger partial charge is 0.494 e. The van der Waals surface area contributed by atoms with Crippen molar-refractivity contribution in [2.45, 2.75) is 33.6 Å². The molecule has 0 unspecified atom stereocenters. The van der Waals surface area contributed by atoms with Gasteiger partial charge in [-0.2, -0.15) is 0 Å². The lowest BCUT2D eigenvalue weighted by Gasteiger charge is -2.14. The predicted molar refractivity (Wildman–Crippen MR) is 118 cm³/mol. The van der Waals surface area contributed by atoms with Crippen molar-refractivity contribution in [1.29, 1.82) is 0 Å². The molecule has 0 aromatic heterocycles. The van der Waals surface area contributed by atoms with E-state index < -0.39 is 0 Å². The van der Waals surface area contributed by atoms with E-state index in [0.29, 0.717) is 37.6 Å². The van der Waals surface area contributed by atoms with Gasteiger partial charge in [0.2, 0.25) is 0 Å². The first-order chi connectivity index (χ1) is 14.1. The number of ketones is 1. The van der Waals surface area contributed by atoms with E-state index in [1.807, 2.05) is 44.2 Å². The summed E-state index contributed by atoms with van der Waals surface area (Å²) in [5.41, 5.74) is 2.46. The van der Waals surface area contributed by atoms with Crippen LogP contribution in [0.2, 0.25) is 0 Å². The van der Waals surface area contributed by atoms with Crippen LogP contribution in [0.3, 0.4) is 0 Å². The second kappa shape index (κ2) is 11.7. The molecule has 0 radical (unpaired) electrons. The van der Waals surface area contributed by atoms with Crippen LogP contribution in [0.1, 0.15) is 48.7 Å². The molecule has 0 N–H and O–H groups in total. The van der Waals surface area contributed by atoms with Gasteiger partial charge in [0.25, 0.3) is 0 Å². The Morgan fingerprint density at radius 3 is 2.28 bits per heavy atom. The van der Waals surface area contributed by atoms with Crippen molar-refractivity contribution in [2.75, 3.05) is 19.8 Å². The minimum atomic E-state index is -0.0753. The summed E-state index contributed by atoms with van der Waals surface area (Å²) in [5.74, 6) is 2.17. The molecule has 154 valence electrons. The van der Waals surface area contributed by atoms with Crippen LogP contribution in [0.5, 0.6) is 17.2 Å². The molecule has 0 heterocycles. The van der Waals surface area contributed by atoms with Gasteiger partial charge in [0, 0.05) is 17.2 Å². The summed E-state index contributed by atoms with van der Waals surface area (Å²) in [7, 11) is 0. The van der Waals surface area contributed by atoms with Crippen LogP contribution in [-0.2, 0) is 6.42 Å². The van der Waals surface area contributed by atoms with Gasteiger partial charge in [-0.25, -0.2) is 0 Å². The zero-order valence-corrected chi connectivity index (χ0v) is 17.6. The molecule has 0 aliphatic heterocycles. The van der Waals surface area contributed by atoms with Crippen LogP contribution in [0.4, 0.5) is 0 Å². The van der Waals surface area contributed by atoms with Crippen molar-refractivity contribution < 1.29 is 19.0 Å². The number of allylic oxidation sites excluding steroid dienone is 2. The third kappa shape index (κ3) is 6.53. The average molecular weight is 395 g/mol. The van der Waals surface area contributed by atoms with E-state index in [9.17, 15) is 4.79 Å². The number of ether oxygens (including phenoxy) is 3. The van der Waals surface area contributed by atoms with Crippen LogP contribution in [0.25, 0.3) is 6.08 Å². The molecule has 4 nitrogen and oxygen atoms in total. The Bertz CT molecular complexity index is 835. The Morgan fingerprint density at radius 1 is 0.966 bits per heavy atom. The quantitative estimate of drug-likeness (QED) is 0.255. The lowest BCUT2D eigenvalue weighted by Crippen LogP contribution is -2.01. The van der Waals surface area contributed by atoms with Gasteiger partial charge in [-0.1, -0.05) is 13.0 Å². The second-order valence-electron chi connectivity index (χ2n) is 6.43. The number of hydrogen-bond acceptors (Lipinski definition) is 4. The summed E-state index contributed by atoms with van der Waals surface area (Å²) >= 11 is 0. The molecule has 2 rings (SSSR count). The Hall–Kier alpha value is -3.01. The van der Waals surface area contributed by atoms with E-state index in [2.05, 4.69) is 13.5 Å². The molecular formula is C25H30O4. The highest BCUT2D eigenvalue weighted by molar-refractivity contribution is 6.07. The van der Waals surface area contributed by atoms with Crippen LogP contribution >= 0.6 is 0 Å². The highest BCUT2D eigenvalue weighted by atomic mass is 16.5. The molecule has 2 aromatic rings. The van der Waals surface area contributed by atoms with Crippen molar-refractivity contribution in [3.8, 4) is 17.2 Å². The highest BCUT2D eigenvalue weighted by Crippen LogP contribution is 2.31. The normalized spacial score (nSPS) is 10.7. The summed E-state index contributed by atoms with van der Waals surface area (Å²) < 4.78 is 17.1. The summed E-state index contributed by atoms with van der Waals surface area (Å²) in [6.07, 6.45) is 6.81. The van der Waals surface area contributed by atoms with Crippen molar-refractivity contribution >= 4 is 11.9 Å². The lowest BCUT2D eigenvalue weighted by molar-refractivity contribution is 0.104. The molecule has 2 aromatic carbocycles. The molecule has 0 aliphatic carbocycles. The summed E-state index contributed by atoms with van der Waals surface area (Å²) in [4.78, 5) is 12.6. The van der Waals surface area contributed by atoms with Gasteiger partial charge >= 0.3 is 0 Å². The van der Waals surface area contributed by atoms with Crippen molar-refractivity contribution in [3.63, 3.8) is 0 Å². The zero-order chi connectivity index (χ0) is 21.1. The minimum Gasteiger partial charge on any atom is -0.494 e. The number of carbonyl (C=O) groups is 1. The van der Waals surface area contributed by atoms with Gasteiger partial charge in [-0.05, 0) is 74.7 Å². The second-order valence-corrected chi connectivity index (χ2v) is 6.43. The summed E-state index contributed by atoms with van der Waals surface area (Å²) in [6, 6.07) is 11.1. The predicted octanol–water partition coefficient (Wildman–Crippen LogP) is 5.90. The highest BCUT2D eigenvalue weighted by Gasteiger charge is 2.11. The molecule has 4 heteroatoms. The topological polar surface area (TPSA) is 44.8 Å². The molecule has 0 fully saturated rings. The van der Waals surface area contributed by atoms with Gasteiger partial charge < -0.3 is 14.2 Å². The van der Waals surface area contributed by atoms with Crippen LogP contribution < -0.4 is 14.2 Å². The Kier molecular flexibility index (Phi) is 9.03. The first kappa shape index (κ1) is 22.3. The van der Waals surface area contributed by atoms with Crippen LogP contribution in [-0.4, -0.2) is 25.6 Å². The van der Waals surface area contributed by atoms with Gasteiger partial charge in [-0.3, -0.25) is 4.79 Å². The Morgan fingerprint density at radius 2 is 1.66 bits per heavy atom. The fraction of sp³-hybridized carbons (Fsp3) is 0.320. The molecule has 0 bridgehead atoms. The van der Waals surface area contributed by atoms with Crippen LogP contribution in [0.15, 0.2) is 55.1 Å². The summed E-state index contributed by atoms with van der Waals surface area (Å²) in [6.45, 7) is 11.5. The van der Waals surface area contributed by atoms with E-state index >= 15 is 0 Å². The maximum Gasteiger partial charge on any atom is 0.185 e. The van der Waals surface area contributed by atoms with E-state index in [4.69, 9.17) is 14.2 Å². The lowest BCUT2D eigenvalue weighted by atomic mass is 10.0. The van der Waals surface area contributed by atoms with Gasteiger partial charge in [0.05, 0.1) is 19.8 Å². The van der Waals surface area contributed by atoms with Gasteiger partial charge in [0.1, 0.15) is 17.2 Å². The molecule has 0 saturated carbocycles. The van der Waals surface area contributed by atoms with Crippen LogP contribution in [0, 0.1) is 0 Å². The minimum absolute atomic E-state index is 0.0753. The SMILES string of the molecule is C=CCc1cc(C=CC(=O)c2ccc(OCCC)cc2)c(OCC)cc1OCC. The Labute approximate surface area is 173 Å². The first-order valence-corrected chi connectivity index (χ1v) is 10.1. The Balaban J connectivity index is 2.25. The van der Waals surface area contributed by atoms with Gasteiger partial charge in [0.15, 0.2) is 5.78 Å². The number of carbonyl (C=O) groups excluding carboxylic acids is 1. The number of benzene rings is 2. The fourth-order valence-corrected chi connectivity index (χ4v) is 2.84. The summed E-state index contributed by atoms with van der Waals surface area (Å²) in [5, 5.41) is 0. The van der Waals surface area contributed by atoms with E-state index in [1.54, 1.807) is 24.3 Å². The monoisotopic (exact) mass is 394 g/mol. The third-order valence-electron chi connectivity index (χ3n) is 4.18. The van der Waals surface area contributed by atoms with Crippen molar-refractivity contribution in [3.05, 3.63) is 71.8 Å². The molecule has 0 aliphatic rings. The van der Waals surface area contributed by atoms with E-state index in [0.717, 1.165) is 29.0 Å². The van der Waals surface area contributed by atoms with E-state index in [1.165, 1.54) is 0 Å². The molecular weight excluding hydrogens is 364 g/mol. The third-order valence-corrected chi connectivity index (χ3v) is 4.18. The standard InChI is InChI=1S/C25H30O4/c1-5-9-20-17-21(25(28-8-4)18-24(20)27-7-3)12-15-23(26)19-10-13-22(14-11-19)29-16-6-2/h5,10-15,17-18H,1,6-9,16H2,2-4H3. The molecule has 0 atom stereocenters. The van der Waals surface area contributed by atoms with Crippen molar-refractivity contribution in [2.24, 2.45) is 0 Å². The number of hydrogen-bond donors (Lipinski definition) is 0. The zero-order valence-electron chi connectivity index (χ0n) is 17.6. The maximum atomic E-state index is 12.6. The molecule has 0 amide bonds. The average Bonchev–Trinajstić information content (AvgIpc) is 2.73. The fourth-order valence-electron chi connectivity index (χ4n) is 2.84. The van der Waals surface area contributed by atoms with E-state index in [-0.39, 0.29) is 5.78 Å². The van der Waals surface area contributed by atoms with Crippen molar-refractivity contribution in [1.82, 2.24) is 0 Å². The maximum absolute atomic E-state index is 12.6. The molecule has 0 saturated heterocycles. The smallest absolute Gasteiger partial charge is 0.185 e. The number of rotatable bonds is 12. The molecule has 0 spiro atoms. The van der Waals surface area contributed by atoms with Gasteiger partial charge in [-0.15, -0.1) is 6.58 Å². The first-order valence-electron chi connectivity index (χ1n) is 10.1.